The van der Waals surface area contributed by atoms with Gasteiger partial charge in [0.25, 0.3) is 0 Å². The van der Waals surface area contributed by atoms with E-state index in [4.69, 9.17) is 14.6 Å². The van der Waals surface area contributed by atoms with E-state index in [2.05, 4.69) is 10.6 Å². The molecule has 124 valence electrons. The lowest BCUT2D eigenvalue weighted by molar-refractivity contribution is -0.141. The summed E-state index contributed by atoms with van der Waals surface area (Å²) in [5.41, 5.74) is -1.46. The highest BCUT2D eigenvalue weighted by Crippen LogP contribution is 2.06. The number of carbonyl (C=O) groups is 2. The molecule has 0 aromatic rings. The first-order chi connectivity index (χ1) is 9.87. The average Bonchev–Trinajstić information content (AvgIpc) is 2.38. The van der Waals surface area contributed by atoms with Crippen LogP contribution in [0.5, 0.6) is 0 Å². The quantitative estimate of drug-likeness (QED) is 0.376. The van der Waals surface area contributed by atoms with Crippen LogP contribution in [-0.2, 0) is 14.3 Å². The third-order valence-electron chi connectivity index (χ3n) is 2.59. The summed E-state index contributed by atoms with van der Waals surface area (Å²) in [4.78, 5) is 21.9. The van der Waals surface area contributed by atoms with E-state index in [0.717, 1.165) is 12.8 Å². The van der Waals surface area contributed by atoms with Crippen LogP contribution >= 0.6 is 0 Å². The lowest BCUT2D eigenvalue weighted by Crippen LogP contribution is -2.46. The molecule has 0 saturated carbocycles. The highest BCUT2D eigenvalue weighted by Gasteiger charge is 2.24. The van der Waals surface area contributed by atoms with Gasteiger partial charge >= 0.3 is 12.0 Å². The fourth-order valence-corrected chi connectivity index (χ4v) is 1.50. The molecule has 0 aromatic heterocycles. The molecule has 4 N–H and O–H groups in total. The van der Waals surface area contributed by atoms with Crippen molar-refractivity contribution >= 4 is 12.0 Å². The van der Waals surface area contributed by atoms with Crippen molar-refractivity contribution < 1.29 is 29.3 Å². The maximum Gasteiger partial charge on any atom is 0.314 e. The zero-order valence-electron chi connectivity index (χ0n) is 12.7. The molecule has 8 heteroatoms. The number of aliphatic carboxylic acids is 1. The van der Waals surface area contributed by atoms with Gasteiger partial charge in [-0.25, -0.2) is 4.79 Å². The predicted molar refractivity (Wildman–Crippen MR) is 76.2 cm³/mol. The van der Waals surface area contributed by atoms with E-state index >= 15 is 0 Å². The van der Waals surface area contributed by atoms with E-state index in [9.17, 15) is 14.7 Å². The van der Waals surface area contributed by atoms with Crippen molar-refractivity contribution in [1.29, 1.82) is 0 Å². The Morgan fingerprint density at radius 1 is 1.14 bits per heavy atom. The summed E-state index contributed by atoms with van der Waals surface area (Å²) in [5.74, 6) is -1.12. The summed E-state index contributed by atoms with van der Waals surface area (Å²) in [7, 11) is 1.61. The summed E-state index contributed by atoms with van der Waals surface area (Å²) in [5, 5.41) is 23.3. The lowest BCUT2D eigenvalue weighted by Gasteiger charge is -2.21. The second-order valence-electron chi connectivity index (χ2n) is 4.99. The van der Waals surface area contributed by atoms with E-state index in [1.807, 2.05) is 0 Å². The Labute approximate surface area is 124 Å². The third-order valence-corrected chi connectivity index (χ3v) is 2.59. The van der Waals surface area contributed by atoms with Crippen LogP contribution in [0.4, 0.5) is 4.79 Å². The number of carboxylic acids is 1. The van der Waals surface area contributed by atoms with Gasteiger partial charge in [0.1, 0.15) is 0 Å². The summed E-state index contributed by atoms with van der Waals surface area (Å²) >= 11 is 0. The first kappa shape index (κ1) is 19.6. The predicted octanol–water partition coefficient (Wildman–Crippen LogP) is -0.0455. The maximum absolute atomic E-state index is 11.4. The summed E-state index contributed by atoms with van der Waals surface area (Å²) in [6, 6.07) is -0.430. The number of urea groups is 1. The van der Waals surface area contributed by atoms with Crippen molar-refractivity contribution in [1.82, 2.24) is 10.6 Å². The molecule has 0 saturated heterocycles. The van der Waals surface area contributed by atoms with Crippen LogP contribution in [0.2, 0.25) is 0 Å². The number of nitrogens with one attached hydrogen (secondary N) is 2. The van der Waals surface area contributed by atoms with Gasteiger partial charge in [0.05, 0.1) is 25.2 Å². The molecule has 0 heterocycles. The fraction of sp³-hybridized carbons (Fsp3) is 0.846. The molecule has 0 fully saturated rings. The molecule has 2 amide bonds. The van der Waals surface area contributed by atoms with Crippen LogP contribution in [-0.4, -0.2) is 67.8 Å². The number of methoxy groups -OCH3 is 1. The standard InChI is InChI=1S/C13H26N2O6/c1-13(19,9-11(16)17)10-15-12(18)14-5-3-4-6-21-8-7-20-2/h19H,3-10H2,1-2H3,(H,16,17)(H2,14,15,18). The molecule has 0 aromatic carbocycles. The SMILES string of the molecule is COCCOCCCCNC(=O)NCC(C)(O)CC(=O)O. The lowest BCUT2D eigenvalue weighted by atomic mass is 10.0. The first-order valence-corrected chi connectivity index (χ1v) is 6.90. The highest BCUT2D eigenvalue weighted by atomic mass is 16.5. The van der Waals surface area contributed by atoms with Crippen LogP contribution in [0.15, 0.2) is 0 Å². The fourth-order valence-electron chi connectivity index (χ4n) is 1.50. The van der Waals surface area contributed by atoms with E-state index in [1.54, 1.807) is 7.11 Å². The van der Waals surface area contributed by atoms with Gasteiger partial charge in [-0.05, 0) is 19.8 Å². The Morgan fingerprint density at radius 2 is 1.86 bits per heavy atom. The molecule has 0 spiro atoms. The molecule has 0 rings (SSSR count). The van der Waals surface area contributed by atoms with Crippen molar-refractivity contribution in [2.45, 2.75) is 31.8 Å². The molecular formula is C13H26N2O6. The van der Waals surface area contributed by atoms with Gasteiger partial charge in [0, 0.05) is 26.8 Å². The van der Waals surface area contributed by atoms with Crippen molar-refractivity contribution in [3.63, 3.8) is 0 Å². The average molecular weight is 306 g/mol. The number of hydrogen-bond acceptors (Lipinski definition) is 5. The van der Waals surface area contributed by atoms with Gasteiger partial charge in [-0.3, -0.25) is 4.79 Å². The number of carbonyl (C=O) groups excluding carboxylic acids is 1. The van der Waals surface area contributed by atoms with Crippen LogP contribution in [0, 0.1) is 0 Å². The Hall–Kier alpha value is -1.38. The normalized spacial score (nSPS) is 13.5. The van der Waals surface area contributed by atoms with Crippen LogP contribution < -0.4 is 10.6 Å². The smallest absolute Gasteiger partial charge is 0.314 e. The minimum absolute atomic E-state index is 0.120. The van der Waals surface area contributed by atoms with E-state index in [0.29, 0.717) is 26.4 Å². The summed E-state index contributed by atoms with van der Waals surface area (Å²) in [6.07, 6.45) is 1.17. The van der Waals surface area contributed by atoms with Gasteiger partial charge in [-0.1, -0.05) is 0 Å². The second-order valence-corrected chi connectivity index (χ2v) is 4.99. The van der Waals surface area contributed by atoms with Crippen molar-refractivity contribution in [2.24, 2.45) is 0 Å². The van der Waals surface area contributed by atoms with Crippen molar-refractivity contribution in [3.8, 4) is 0 Å². The zero-order valence-corrected chi connectivity index (χ0v) is 12.7. The molecule has 0 aliphatic rings. The number of amides is 2. The Morgan fingerprint density at radius 3 is 2.48 bits per heavy atom. The maximum atomic E-state index is 11.4. The third kappa shape index (κ3) is 13.4. The van der Waals surface area contributed by atoms with E-state index < -0.39 is 24.0 Å². The van der Waals surface area contributed by atoms with Gasteiger partial charge in [0.2, 0.25) is 0 Å². The molecule has 0 radical (unpaired) electrons. The van der Waals surface area contributed by atoms with Crippen LogP contribution in [0.3, 0.4) is 0 Å². The Bertz CT molecular complexity index is 309. The van der Waals surface area contributed by atoms with Crippen molar-refractivity contribution in [3.05, 3.63) is 0 Å². The minimum atomic E-state index is -1.46. The number of rotatable bonds is 12. The molecule has 1 atom stereocenters. The monoisotopic (exact) mass is 306 g/mol. The zero-order chi connectivity index (χ0) is 16.1. The van der Waals surface area contributed by atoms with Crippen molar-refractivity contribution in [2.75, 3.05) is 40.0 Å². The van der Waals surface area contributed by atoms with Gasteiger partial charge in [-0.2, -0.15) is 0 Å². The van der Waals surface area contributed by atoms with Gasteiger partial charge in [0.15, 0.2) is 0 Å². The molecule has 0 aliphatic heterocycles. The molecular weight excluding hydrogens is 280 g/mol. The first-order valence-electron chi connectivity index (χ1n) is 6.90. The summed E-state index contributed by atoms with van der Waals surface area (Å²) in [6.45, 7) is 3.46. The number of ether oxygens (including phenoxy) is 2. The number of hydrogen-bond donors (Lipinski definition) is 4. The van der Waals surface area contributed by atoms with Crippen LogP contribution in [0.1, 0.15) is 26.2 Å². The summed E-state index contributed by atoms with van der Waals surface area (Å²) < 4.78 is 10.1. The van der Waals surface area contributed by atoms with Gasteiger partial charge < -0.3 is 30.3 Å². The number of carboxylic acid groups (broad SMARTS) is 1. The molecule has 0 aliphatic carbocycles. The Kier molecular flexibility index (Phi) is 10.6. The second kappa shape index (κ2) is 11.3. The topological polar surface area (TPSA) is 117 Å². The highest BCUT2D eigenvalue weighted by molar-refractivity contribution is 5.74. The van der Waals surface area contributed by atoms with Crippen LogP contribution in [0.25, 0.3) is 0 Å². The van der Waals surface area contributed by atoms with E-state index in [1.165, 1.54) is 6.92 Å². The molecule has 0 bridgehead atoms. The minimum Gasteiger partial charge on any atom is -0.481 e. The molecule has 8 nitrogen and oxygen atoms in total. The number of aliphatic hydroxyl groups is 1. The number of unbranched alkanes of at least 4 members (excludes halogenated alkanes) is 1. The largest absolute Gasteiger partial charge is 0.481 e. The van der Waals surface area contributed by atoms with Gasteiger partial charge in [-0.15, -0.1) is 0 Å². The Balaban J connectivity index is 3.52. The van der Waals surface area contributed by atoms with E-state index in [-0.39, 0.29) is 6.54 Å². The molecule has 21 heavy (non-hydrogen) atoms. The molecule has 1 unspecified atom stereocenters.